The third-order valence-electron chi connectivity index (χ3n) is 4.29. The lowest BCUT2D eigenvalue weighted by Crippen LogP contribution is -2.18. The number of benzene rings is 2. The summed E-state index contributed by atoms with van der Waals surface area (Å²) >= 11 is 6.48. The van der Waals surface area contributed by atoms with Crippen molar-refractivity contribution in [2.75, 3.05) is 7.05 Å². The fourth-order valence-corrected chi connectivity index (χ4v) is 3.23. The van der Waals surface area contributed by atoms with Gasteiger partial charge < -0.3 is 10.1 Å². The zero-order valence-electron chi connectivity index (χ0n) is 12.7. The maximum Gasteiger partial charge on any atom is 0.0725 e. The number of aryl methyl sites for hydroxylation is 2. The molecule has 0 bridgehead atoms. The van der Waals surface area contributed by atoms with Crippen LogP contribution in [0.2, 0.25) is 5.02 Å². The van der Waals surface area contributed by atoms with E-state index in [1.165, 1.54) is 27.8 Å². The summed E-state index contributed by atoms with van der Waals surface area (Å²) in [6, 6.07) is 10.9. The lowest BCUT2D eigenvalue weighted by molar-refractivity contribution is 0.134. The molecule has 2 aromatic carbocycles. The molecule has 3 rings (SSSR count). The number of hydrogen-bond acceptors (Lipinski definition) is 2. The Bertz CT molecular complexity index is 681. The van der Waals surface area contributed by atoms with Gasteiger partial charge in [0.2, 0.25) is 0 Å². The van der Waals surface area contributed by atoms with E-state index in [2.05, 4.69) is 43.4 Å². The molecule has 1 aliphatic heterocycles. The summed E-state index contributed by atoms with van der Waals surface area (Å²) in [4.78, 5) is 0. The summed E-state index contributed by atoms with van der Waals surface area (Å²) in [7, 11) is 1.97. The van der Waals surface area contributed by atoms with E-state index < -0.39 is 0 Å². The quantitative estimate of drug-likeness (QED) is 0.913. The maximum absolute atomic E-state index is 6.48. The van der Waals surface area contributed by atoms with Gasteiger partial charge in [0.1, 0.15) is 0 Å². The largest absolute Gasteiger partial charge is 0.372 e. The molecule has 0 amide bonds. The summed E-state index contributed by atoms with van der Waals surface area (Å²) in [5, 5.41) is 4.20. The molecule has 1 unspecified atom stereocenters. The van der Waals surface area contributed by atoms with Gasteiger partial charge in [-0.25, -0.2) is 0 Å². The smallest absolute Gasteiger partial charge is 0.0725 e. The fraction of sp³-hybridized carbons (Fsp3) is 0.333. The average molecular weight is 302 g/mol. The number of halogens is 1. The first-order valence-electron chi connectivity index (χ1n) is 7.23. The highest BCUT2D eigenvalue weighted by Gasteiger charge is 2.19. The molecular weight excluding hydrogens is 282 g/mol. The minimum absolute atomic E-state index is 0.0997. The molecule has 1 aliphatic rings. The van der Waals surface area contributed by atoms with Crippen molar-refractivity contribution >= 4 is 11.6 Å². The van der Waals surface area contributed by atoms with Gasteiger partial charge in [0.15, 0.2) is 0 Å². The number of rotatable bonds is 3. The highest BCUT2D eigenvalue weighted by Crippen LogP contribution is 2.32. The molecule has 2 nitrogen and oxygen atoms in total. The van der Waals surface area contributed by atoms with Crippen molar-refractivity contribution in [3.8, 4) is 0 Å². The Morgan fingerprint density at radius 1 is 1.05 bits per heavy atom. The summed E-state index contributed by atoms with van der Waals surface area (Å²) in [5.74, 6) is 0. The average Bonchev–Trinajstić information content (AvgIpc) is 2.92. The lowest BCUT2D eigenvalue weighted by atomic mass is 9.93. The van der Waals surface area contributed by atoms with Crippen molar-refractivity contribution in [2.45, 2.75) is 33.1 Å². The van der Waals surface area contributed by atoms with Crippen LogP contribution in [0.25, 0.3) is 0 Å². The van der Waals surface area contributed by atoms with Gasteiger partial charge in [-0.05, 0) is 60.3 Å². The Morgan fingerprint density at radius 2 is 1.76 bits per heavy atom. The first-order chi connectivity index (χ1) is 10.1. The van der Waals surface area contributed by atoms with Crippen molar-refractivity contribution in [1.29, 1.82) is 0 Å². The molecule has 0 fully saturated rings. The molecule has 0 aromatic heterocycles. The SMILES string of the molecule is CNC(c1ccc2c(c1)COC2)c1cc(C)c(C)cc1Cl. The highest BCUT2D eigenvalue weighted by molar-refractivity contribution is 6.31. The number of nitrogens with one attached hydrogen (secondary N) is 1. The predicted molar refractivity (Wildman–Crippen MR) is 86.8 cm³/mol. The molecule has 0 aliphatic carbocycles. The molecule has 0 spiro atoms. The van der Waals surface area contributed by atoms with Crippen molar-refractivity contribution in [3.05, 3.63) is 68.7 Å². The van der Waals surface area contributed by atoms with Crippen LogP contribution in [0.4, 0.5) is 0 Å². The Kier molecular flexibility index (Phi) is 4.03. The Morgan fingerprint density at radius 3 is 2.52 bits per heavy atom. The van der Waals surface area contributed by atoms with Crippen LogP contribution in [0, 0.1) is 13.8 Å². The number of ether oxygens (including phenoxy) is 1. The molecule has 0 saturated carbocycles. The molecule has 1 N–H and O–H groups in total. The standard InChI is InChI=1S/C18H20ClNO/c1-11-6-16(17(19)7-12(11)2)18(20-3)13-4-5-14-9-21-10-15(14)8-13/h4-8,18,20H,9-10H2,1-3H3. The minimum Gasteiger partial charge on any atom is -0.372 e. The predicted octanol–water partition coefficient (Wildman–Crippen LogP) is 4.30. The van der Waals surface area contributed by atoms with E-state index in [0.29, 0.717) is 6.61 Å². The molecule has 110 valence electrons. The van der Waals surface area contributed by atoms with E-state index in [4.69, 9.17) is 16.3 Å². The summed E-state index contributed by atoms with van der Waals surface area (Å²) in [6.07, 6.45) is 0. The van der Waals surface area contributed by atoms with Crippen LogP contribution in [0.15, 0.2) is 30.3 Å². The zero-order chi connectivity index (χ0) is 15.0. The molecule has 0 saturated heterocycles. The van der Waals surface area contributed by atoms with E-state index in [0.717, 1.165) is 17.2 Å². The van der Waals surface area contributed by atoms with E-state index in [1.54, 1.807) is 0 Å². The first-order valence-corrected chi connectivity index (χ1v) is 7.61. The minimum atomic E-state index is 0.0997. The Balaban J connectivity index is 2.04. The lowest BCUT2D eigenvalue weighted by Gasteiger charge is -2.20. The summed E-state index contributed by atoms with van der Waals surface area (Å²) < 4.78 is 5.50. The van der Waals surface area contributed by atoms with E-state index in [-0.39, 0.29) is 6.04 Å². The van der Waals surface area contributed by atoms with Crippen LogP contribution >= 0.6 is 11.6 Å². The third-order valence-corrected chi connectivity index (χ3v) is 4.62. The van der Waals surface area contributed by atoms with Crippen molar-refractivity contribution in [3.63, 3.8) is 0 Å². The second-order valence-corrected chi connectivity index (χ2v) is 6.11. The van der Waals surface area contributed by atoms with Gasteiger partial charge in [-0.15, -0.1) is 0 Å². The van der Waals surface area contributed by atoms with Crippen LogP contribution < -0.4 is 5.32 Å². The Hall–Kier alpha value is -1.35. The number of hydrogen-bond donors (Lipinski definition) is 1. The van der Waals surface area contributed by atoms with Crippen LogP contribution in [-0.2, 0) is 18.0 Å². The van der Waals surface area contributed by atoms with Crippen molar-refractivity contribution < 1.29 is 4.74 Å². The highest BCUT2D eigenvalue weighted by atomic mass is 35.5. The van der Waals surface area contributed by atoms with Crippen LogP contribution in [0.5, 0.6) is 0 Å². The number of fused-ring (bicyclic) bond motifs is 1. The van der Waals surface area contributed by atoms with E-state index >= 15 is 0 Å². The van der Waals surface area contributed by atoms with Crippen LogP contribution in [0.1, 0.15) is 39.4 Å². The van der Waals surface area contributed by atoms with Gasteiger partial charge in [-0.2, -0.15) is 0 Å². The second kappa shape index (κ2) is 5.80. The third kappa shape index (κ3) is 2.71. The van der Waals surface area contributed by atoms with E-state index in [1.807, 2.05) is 13.1 Å². The molecule has 1 atom stereocenters. The second-order valence-electron chi connectivity index (χ2n) is 5.70. The normalized spacial score (nSPS) is 15.0. The van der Waals surface area contributed by atoms with Gasteiger partial charge in [0, 0.05) is 5.02 Å². The molecule has 1 heterocycles. The van der Waals surface area contributed by atoms with Gasteiger partial charge in [-0.1, -0.05) is 35.9 Å². The summed E-state index contributed by atoms with van der Waals surface area (Å²) in [5.41, 5.74) is 7.42. The fourth-order valence-electron chi connectivity index (χ4n) is 2.90. The monoisotopic (exact) mass is 301 g/mol. The zero-order valence-corrected chi connectivity index (χ0v) is 13.4. The van der Waals surface area contributed by atoms with Gasteiger partial charge in [0.05, 0.1) is 19.3 Å². The van der Waals surface area contributed by atoms with Gasteiger partial charge in [-0.3, -0.25) is 0 Å². The molecule has 2 aromatic rings. The molecule has 21 heavy (non-hydrogen) atoms. The first kappa shape index (κ1) is 14.6. The topological polar surface area (TPSA) is 21.3 Å². The van der Waals surface area contributed by atoms with E-state index in [9.17, 15) is 0 Å². The van der Waals surface area contributed by atoms with Crippen LogP contribution in [-0.4, -0.2) is 7.05 Å². The molecule has 3 heteroatoms. The summed E-state index contributed by atoms with van der Waals surface area (Å²) in [6.45, 7) is 5.65. The molecular formula is C18H20ClNO. The maximum atomic E-state index is 6.48. The van der Waals surface area contributed by atoms with Crippen molar-refractivity contribution in [1.82, 2.24) is 5.32 Å². The van der Waals surface area contributed by atoms with Crippen molar-refractivity contribution in [2.24, 2.45) is 0 Å². The van der Waals surface area contributed by atoms with Gasteiger partial charge in [0.25, 0.3) is 0 Å². The molecule has 0 radical (unpaired) electrons. The van der Waals surface area contributed by atoms with Gasteiger partial charge >= 0.3 is 0 Å². The van der Waals surface area contributed by atoms with Crippen LogP contribution in [0.3, 0.4) is 0 Å². The Labute approximate surface area is 131 Å².